The van der Waals surface area contributed by atoms with Crippen LogP contribution in [0.5, 0.6) is 0 Å². The molecule has 16 heavy (non-hydrogen) atoms. The topological polar surface area (TPSA) is 50.2 Å². The third kappa shape index (κ3) is 2.92. The third-order valence-corrected chi connectivity index (χ3v) is 2.03. The van der Waals surface area contributed by atoms with Crippen molar-refractivity contribution < 1.29 is 9.90 Å². The molecule has 0 aromatic carbocycles. The van der Waals surface area contributed by atoms with Gasteiger partial charge in [0.1, 0.15) is 0 Å². The molecule has 3 heteroatoms. The number of carboxylic acids is 1. The van der Waals surface area contributed by atoms with Gasteiger partial charge in [-0.1, -0.05) is 30.9 Å². The molecule has 0 saturated heterocycles. The fourth-order valence-electron chi connectivity index (χ4n) is 1.19. The van der Waals surface area contributed by atoms with Gasteiger partial charge in [0.2, 0.25) is 0 Å². The van der Waals surface area contributed by atoms with Gasteiger partial charge >= 0.3 is 5.97 Å². The third-order valence-electron chi connectivity index (χ3n) is 2.03. The van der Waals surface area contributed by atoms with Crippen LogP contribution in [0.3, 0.4) is 0 Å². The highest BCUT2D eigenvalue weighted by Gasteiger charge is 2.03. The van der Waals surface area contributed by atoms with Crippen molar-refractivity contribution in [2.24, 2.45) is 0 Å². The zero-order chi connectivity index (χ0) is 12.0. The first-order valence-electron chi connectivity index (χ1n) is 4.84. The highest BCUT2D eigenvalue weighted by molar-refractivity contribution is 5.87. The van der Waals surface area contributed by atoms with Crippen molar-refractivity contribution >= 4 is 11.5 Å². The van der Waals surface area contributed by atoms with Crippen LogP contribution in [0.4, 0.5) is 0 Å². The van der Waals surface area contributed by atoms with Gasteiger partial charge < -0.3 is 5.11 Å². The minimum atomic E-state index is -0.970. The first-order valence-corrected chi connectivity index (χ1v) is 4.84. The molecule has 0 aliphatic carbocycles. The summed E-state index contributed by atoms with van der Waals surface area (Å²) in [5, 5.41) is 8.73. The predicted molar refractivity (Wildman–Crippen MR) is 64.2 cm³/mol. The van der Waals surface area contributed by atoms with Crippen LogP contribution in [0.15, 0.2) is 49.2 Å². The highest BCUT2D eigenvalue weighted by Crippen LogP contribution is 2.13. The minimum absolute atomic E-state index is 0.187. The molecule has 1 N–H and O–H groups in total. The molecule has 0 amide bonds. The lowest BCUT2D eigenvalue weighted by atomic mass is 10.1. The Bertz CT molecular complexity index is 442. The number of nitrogens with zero attached hydrogens (tertiary/aromatic N) is 1. The van der Waals surface area contributed by atoms with E-state index in [0.29, 0.717) is 0 Å². The Labute approximate surface area is 94.5 Å². The second-order valence-corrected chi connectivity index (χ2v) is 3.08. The molecule has 0 bridgehead atoms. The average Bonchev–Trinajstić information content (AvgIpc) is 2.30. The van der Waals surface area contributed by atoms with Gasteiger partial charge in [-0.2, -0.15) is 0 Å². The Morgan fingerprint density at radius 1 is 1.50 bits per heavy atom. The zero-order valence-corrected chi connectivity index (χ0v) is 9.05. The first-order chi connectivity index (χ1) is 7.69. The van der Waals surface area contributed by atoms with Crippen molar-refractivity contribution in [1.82, 2.24) is 4.98 Å². The van der Waals surface area contributed by atoms with E-state index in [1.54, 1.807) is 12.1 Å². The number of rotatable bonds is 4. The van der Waals surface area contributed by atoms with Crippen molar-refractivity contribution in [2.75, 3.05) is 0 Å². The zero-order valence-electron chi connectivity index (χ0n) is 9.05. The number of allylic oxidation sites excluding steroid dienone is 5. The van der Waals surface area contributed by atoms with E-state index < -0.39 is 5.97 Å². The van der Waals surface area contributed by atoms with Crippen LogP contribution in [0, 0.1) is 0 Å². The lowest BCUT2D eigenvalue weighted by Gasteiger charge is -2.01. The summed E-state index contributed by atoms with van der Waals surface area (Å²) in [6, 6.07) is 3.22. The molecular weight excluding hydrogens is 202 g/mol. The maximum atomic E-state index is 10.6. The van der Waals surface area contributed by atoms with Gasteiger partial charge in [-0.05, 0) is 24.6 Å². The lowest BCUT2D eigenvalue weighted by molar-refractivity contribution is 0.0696. The molecule has 1 rings (SSSR count). The molecule has 1 aromatic rings. The lowest BCUT2D eigenvalue weighted by Crippen LogP contribution is -1.98. The van der Waals surface area contributed by atoms with Gasteiger partial charge in [0.25, 0.3) is 0 Å². The minimum Gasteiger partial charge on any atom is -0.478 e. The van der Waals surface area contributed by atoms with Crippen molar-refractivity contribution in [3.63, 3.8) is 0 Å². The second-order valence-electron chi connectivity index (χ2n) is 3.08. The Morgan fingerprint density at radius 3 is 2.69 bits per heavy atom. The normalized spacial score (nSPS) is 11.7. The van der Waals surface area contributed by atoms with Crippen LogP contribution in [0.25, 0.3) is 5.57 Å². The maximum Gasteiger partial charge on any atom is 0.337 e. The largest absolute Gasteiger partial charge is 0.478 e. The fourth-order valence-corrected chi connectivity index (χ4v) is 1.19. The maximum absolute atomic E-state index is 10.6. The smallest absolute Gasteiger partial charge is 0.337 e. The quantitative estimate of drug-likeness (QED) is 0.785. The van der Waals surface area contributed by atoms with Gasteiger partial charge in [0.15, 0.2) is 0 Å². The summed E-state index contributed by atoms with van der Waals surface area (Å²) in [7, 11) is 0. The molecule has 0 atom stereocenters. The summed E-state index contributed by atoms with van der Waals surface area (Å²) >= 11 is 0. The van der Waals surface area contributed by atoms with Gasteiger partial charge in [-0.3, -0.25) is 4.98 Å². The molecule has 0 saturated carbocycles. The van der Waals surface area contributed by atoms with E-state index in [4.69, 9.17) is 5.11 Å². The number of aromatic nitrogens is 1. The summed E-state index contributed by atoms with van der Waals surface area (Å²) < 4.78 is 0. The molecule has 0 fully saturated rings. The van der Waals surface area contributed by atoms with E-state index in [9.17, 15) is 4.79 Å². The molecule has 1 aromatic heterocycles. The molecule has 3 nitrogen and oxygen atoms in total. The van der Waals surface area contributed by atoms with Crippen LogP contribution in [-0.4, -0.2) is 16.1 Å². The van der Waals surface area contributed by atoms with Crippen molar-refractivity contribution in [2.45, 2.75) is 6.92 Å². The summed E-state index contributed by atoms with van der Waals surface area (Å²) in [6.45, 7) is 5.48. The molecule has 0 unspecified atom stereocenters. The van der Waals surface area contributed by atoms with Crippen molar-refractivity contribution in [3.05, 3.63) is 60.5 Å². The monoisotopic (exact) mass is 215 g/mol. The number of pyridine rings is 1. The predicted octanol–water partition coefficient (Wildman–Crippen LogP) is 2.93. The standard InChI is InChI=1S/C13H13NO2/c1-3-5-6-10(4-2)12-8-7-11(9-14-12)13(15)16/h3-9H,1H2,2H3,(H,15,16)/b6-5-,10-4+. The fraction of sp³-hybridized carbons (Fsp3) is 0.0769. The number of carbonyl (C=O) groups is 1. The Balaban J connectivity index is 3.00. The van der Waals surface area contributed by atoms with Gasteiger partial charge in [0.05, 0.1) is 11.3 Å². The average molecular weight is 215 g/mol. The summed E-state index contributed by atoms with van der Waals surface area (Å²) in [4.78, 5) is 14.7. The molecular formula is C13H13NO2. The first kappa shape index (κ1) is 11.9. The van der Waals surface area contributed by atoms with E-state index in [2.05, 4.69) is 11.6 Å². The van der Waals surface area contributed by atoms with Crippen LogP contribution in [0.1, 0.15) is 23.0 Å². The van der Waals surface area contributed by atoms with Crippen LogP contribution < -0.4 is 0 Å². The van der Waals surface area contributed by atoms with Gasteiger partial charge in [0, 0.05) is 6.20 Å². The van der Waals surface area contributed by atoms with Gasteiger partial charge in [-0.15, -0.1) is 0 Å². The van der Waals surface area contributed by atoms with Crippen molar-refractivity contribution in [1.29, 1.82) is 0 Å². The molecule has 1 heterocycles. The number of hydrogen-bond acceptors (Lipinski definition) is 2. The molecule has 0 aliphatic heterocycles. The van der Waals surface area contributed by atoms with Crippen molar-refractivity contribution in [3.8, 4) is 0 Å². The second kappa shape index (κ2) is 5.66. The van der Waals surface area contributed by atoms with Crippen LogP contribution >= 0.6 is 0 Å². The molecule has 0 spiro atoms. The Kier molecular flexibility index (Phi) is 4.21. The van der Waals surface area contributed by atoms with Gasteiger partial charge in [-0.25, -0.2) is 4.79 Å². The highest BCUT2D eigenvalue weighted by atomic mass is 16.4. The summed E-state index contributed by atoms with van der Waals surface area (Å²) in [5.74, 6) is -0.970. The van der Waals surface area contributed by atoms with E-state index >= 15 is 0 Å². The molecule has 0 aliphatic rings. The van der Waals surface area contributed by atoms with Crippen LogP contribution in [0.2, 0.25) is 0 Å². The summed E-state index contributed by atoms with van der Waals surface area (Å²) in [6.07, 6.45) is 8.61. The van der Waals surface area contributed by atoms with E-state index in [0.717, 1.165) is 11.3 Å². The van der Waals surface area contributed by atoms with E-state index in [-0.39, 0.29) is 5.56 Å². The SMILES string of the molecule is C=C/C=C\C(=C/C)c1ccc(C(=O)O)cn1. The summed E-state index contributed by atoms with van der Waals surface area (Å²) in [5.41, 5.74) is 1.86. The number of carboxylic acid groups (broad SMARTS) is 1. The Hall–Kier alpha value is -2.16. The van der Waals surface area contributed by atoms with E-state index in [1.165, 1.54) is 12.3 Å². The van der Waals surface area contributed by atoms with E-state index in [1.807, 2.05) is 25.2 Å². The van der Waals surface area contributed by atoms with Crippen LogP contribution in [-0.2, 0) is 0 Å². The number of hydrogen-bond donors (Lipinski definition) is 1. The molecule has 0 radical (unpaired) electrons. The molecule has 82 valence electrons. The Morgan fingerprint density at radius 2 is 2.25 bits per heavy atom. The number of aromatic carboxylic acids is 1.